The molecule has 0 spiro atoms. The number of halogens is 1. The normalized spacial score (nSPS) is 20.9. The van der Waals surface area contributed by atoms with Crippen molar-refractivity contribution in [2.75, 3.05) is 6.54 Å². The van der Waals surface area contributed by atoms with Gasteiger partial charge in [0.1, 0.15) is 0 Å². The van der Waals surface area contributed by atoms with Crippen LogP contribution >= 0.6 is 23.7 Å². The summed E-state index contributed by atoms with van der Waals surface area (Å²) < 4.78 is 0. The minimum absolute atomic E-state index is 0. The fourth-order valence-electron chi connectivity index (χ4n) is 2.87. The lowest BCUT2D eigenvalue weighted by atomic mass is 10.0. The number of thiophene rings is 1. The predicted molar refractivity (Wildman–Crippen MR) is 88.8 cm³/mol. The Labute approximate surface area is 136 Å². The molecule has 0 bridgehead atoms. The maximum Gasteiger partial charge on any atom is 0.239 e. The van der Waals surface area contributed by atoms with Gasteiger partial charge in [-0.05, 0) is 37.1 Å². The molecule has 120 valence electrons. The van der Waals surface area contributed by atoms with Gasteiger partial charge in [-0.3, -0.25) is 4.79 Å². The Balaban J connectivity index is 0.00000220. The van der Waals surface area contributed by atoms with Gasteiger partial charge >= 0.3 is 0 Å². The monoisotopic (exact) mass is 332 g/mol. The van der Waals surface area contributed by atoms with Gasteiger partial charge in [0.05, 0.1) is 12.1 Å². The second kappa shape index (κ2) is 8.73. The number of nitrogens with zero attached hydrogens (tertiary/aromatic N) is 1. The molecule has 2 heterocycles. The molecule has 4 nitrogen and oxygen atoms in total. The molecule has 0 aromatic carbocycles. The van der Waals surface area contributed by atoms with Gasteiger partial charge in [0.15, 0.2) is 0 Å². The number of rotatable bonds is 6. The highest BCUT2D eigenvalue weighted by Crippen LogP contribution is 2.29. The molecule has 1 aliphatic heterocycles. The first-order valence-corrected chi connectivity index (χ1v) is 8.29. The largest absolute Gasteiger partial charge is 0.387 e. The Hall–Kier alpha value is -0.620. The van der Waals surface area contributed by atoms with E-state index in [4.69, 9.17) is 5.73 Å². The van der Waals surface area contributed by atoms with Crippen LogP contribution in [-0.2, 0) is 4.79 Å². The zero-order valence-electron chi connectivity index (χ0n) is 12.4. The minimum Gasteiger partial charge on any atom is -0.387 e. The van der Waals surface area contributed by atoms with Crippen molar-refractivity contribution in [1.29, 1.82) is 0 Å². The molecule has 3 unspecified atom stereocenters. The van der Waals surface area contributed by atoms with Crippen LogP contribution in [0.2, 0.25) is 0 Å². The van der Waals surface area contributed by atoms with Gasteiger partial charge in [-0.25, -0.2) is 0 Å². The maximum absolute atomic E-state index is 12.3. The molecule has 3 atom stereocenters. The highest BCUT2D eigenvalue weighted by Gasteiger charge is 2.32. The Morgan fingerprint density at radius 3 is 3.00 bits per heavy atom. The van der Waals surface area contributed by atoms with Crippen molar-refractivity contribution in [1.82, 2.24) is 4.90 Å². The average molecular weight is 333 g/mol. The van der Waals surface area contributed by atoms with Gasteiger partial charge in [0.25, 0.3) is 0 Å². The fraction of sp³-hybridized carbons (Fsp3) is 0.667. The summed E-state index contributed by atoms with van der Waals surface area (Å²) in [6.45, 7) is 2.81. The van der Waals surface area contributed by atoms with Crippen molar-refractivity contribution in [2.45, 2.75) is 57.2 Å². The third-order valence-electron chi connectivity index (χ3n) is 3.94. The van der Waals surface area contributed by atoms with Crippen molar-refractivity contribution in [3.8, 4) is 0 Å². The molecule has 1 amide bonds. The van der Waals surface area contributed by atoms with Crippen LogP contribution in [0, 0.1) is 0 Å². The van der Waals surface area contributed by atoms with E-state index < -0.39 is 6.10 Å². The molecule has 2 rings (SSSR count). The molecule has 0 saturated carbocycles. The van der Waals surface area contributed by atoms with Crippen molar-refractivity contribution in [3.05, 3.63) is 22.4 Å². The van der Waals surface area contributed by atoms with Crippen molar-refractivity contribution in [3.63, 3.8) is 0 Å². The van der Waals surface area contributed by atoms with Crippen LogP contribution in [0.3, 0.4) is 0 Å². The van der Waals surface area contributed by atoms with Crippen LogP contribution in [0.4, 0.5) is 0 Å². The fourth-order valence-corrected chi connectivity index (χ4v) is 3.60. The van der Waals surface area contributed by atoms with E-state index in [1.165, 1.54) is 0 Å². The zero-order valence-corrected chi connectivity index (χ0v) is 14.0. The summed E-state index contributed by atoms with van der Waals surface area (Å²) in [5.41, 5.74) is 5.94. The number of aliphatic hydroxyl groups excluding tert-OH is 1. The first-order chi connectivity index (χ1) is 9.63. The standard InChI is InChI=1S/C15H24N2O2S.ClH/c1-2-5-12(16)15(19)17-8-3-6-11(17)10-13(18)14-7-4-9-20-14;/h4,7,9,11-13,18H,2-3,5-6,8,10,16H2,1H3;1H. The summed E-state index contributed by atoms with van der Waals surface area (Å²) in [6, 6.07) is 3.62. The second-order valence-electron chi connectivity index (χ2n) is 5.49. The number of likely N-dealkylation sites (tertiary alicyclic amines) is 1. The van der Waals surface area contributed by atoms with Crippen LogP contribution in [0.5, 0.6) is 0 Å². The van der Waals surface area contributed by atoms with Crippen LogP contribution in [-0.4, -0.2) is 34.5 Å². The molecule has 0 radical (unpaired) electrons. The van der Waals surface area contributed by atoms with Crippen LogP contribution < -0.4 is 5.73 Å². The lowest BCUT2D eigenvalue weighted by Crippen LogP contribution is -2.46. The van der Waals surface area contributed by atoms with Gasteiger partial charge in [0.2, 0.25) is 5.91 Å². The van der Waals surface area contributed by atoms with Gasteiger partial charge in [-0.2, -0.15) is 0 Å². The summed E-state index contributed by atoms with van der Waals surface area (Å²) >= 11 is 1.56. The molecule has 1 aliphatic rings. The Morgan fingerprint density at radius 1 is 1.62 bits per heavy atom. The van der Waals surface area contributed by atoms with Crippen LogP contribution in [0.15, 0.2) is 17.5 Å². The van der Waals surface area contributed by atoms with Gasteiger partial charge < -0.3 is 15.7 Å². The topological polar surface area (TPSA) is 66.6 Å². The van der Waals surface area contributed by atoms with Gasteiger partial charge in [-0.1, -0.05) is 19.4 Å². The second-order valence-corrected chi connectivity index (χ2v) is 6.47. The molecule has 1 saturated heterocycles. The first-order valence-electron chi connectivity index (χ1n) is 7.41. The third-order valence-corrected chi connectivity index (χ3v) is 4.92. The van der Waals surface area contributed by atoms with E-state index in [2.05, 4.69) is 0 Å². The zero-order chi connectivity index (χ0) is 14.5. The third kappa shape index (κ3) is 4.68. The minimum atomic E-state index is -0.476. The summed E-state index contributed by atoms with van der Waals surface area (Å²) in [7, 11) is 0. The van der Waals surface area contributed by atoms with E-state index in [0.717, 1.165) is 37.1 Å². The number of aliphatic hydroxyl groups is 1. The number of amides is 1. The van der Waals surface area contributed by atoms with E-state index in [-0.39, 0.29) is 30.4 Å². The van der Waals surface area contributed by atoms with Crippen molar-refractivity contribution < 1.29 is 9.90 Å². The predicted octanol–water partition coefficient (Wildman–Crippen LogP) is 2.71. The average Bonchev–Trinajstić information content (AvgIpc) is 3.09. The van der Waals surface area contributed by atoms with Gasteiger partial charge in [-0.15, -0.1) is 23.7 Å². The smallest absolute Gasteiger partial charge is 0.239 e. The molecule has 1 aromatic rings. The number of carbonyl (C=O) groups excluding carboxylic acids is 1. The van der Waals surface area contributed by atoms with Crippen LogP contribution in [0.25, 0.3) is 0 Å². The summed E-state index contributed by atoms with van der Waals surface area (Å²) in [5.74, 6) is 0.0488. The summed E-state index contributed by atoms with van der Waals surface area (Å²) in [5, 5.41) is 12.2. The molecule has 3 N–H and O–H groups in total. The van der Waals surface area contributed by atoms with E-state index in [1.54, 1.807) is 11.3 Å². The lowest BCUT2D eigenvalue weighted by molar-refractivity contribution is -0.134. The van der Waals surface area contributed by atoms with Crippen molar-refractivity contribution in [2.24, 2.45) is 5.73 Å². The Bertz CT molecular complexity index is 427. The molecular formula is C15H25ClN2O2S. The number of hydrogen-bond donors (Lipinski definition) is 2. The molecule has 0 aliphatic carbocycles. The Kier molecular flexibility index (Phi) is 7.66. The number of hydrogen-bond acceptors (Lipinski definition) is 4. The van der Waals surface area contributed by atoms with Gasteiger partial charge in [0, 0.05) is 17.5 Å². The summed E-state index contributed by atoms with van der Waals surface area (Å²) in [4.78, 5) is 15.2. The van der Waals surface area contributed by atoms with E-state index in [0.29, 0.717) is 6.42 Å². The van der Waals surface area contributed by atoms with Crippen molar-refractivity contribution >= 4 is 29.7 Å². The molecule has 6 heteroatoms. The quantitative estimate of drug-likeness (QED) is 0.841. The first kappa shape index (κ1) is 18.4. The summed E-state index contributed by atoms with van der Waals surface area (Å²) in [6.07, 6.45) is 3.76. The van der Waals surface area contributed by atoms with E-state index in [9.17, 15) is 9.90 Å². The lowest BCUT2D eigenvalue weighted by Gasteiger charge is -2.28. The maximum atomic E-state index is 12.3. The number of nitrogens with two attached hydrogens (primary N) is 1. The SMILES string of the molecule is CCCC(N)C(=O)N1CCCC1CC(O)c1cccs1.Cl. The highest BCUT2D eigenvalue weighted by atomic mass is 35.5. The molecule has 1 fully saturated rings. The molecule has 1 aromatic heterocycles. The van der Waals surface area contributed by atoms with E-state index >= 15 is 0 Å². The molecule has 21 heavy (non-hydrogen) atoms. The Morgan fingerprint density at radius 2 is 2.38 bits per heavy atom. The van der Waals surface area contributed by atoms with E-state index in [1.807, 2.05) is 29.3 Å². The highest BCUT2D eigenvalue weighted by molar-refractivity contribution is 7.10. The van der Waals surface area contributed by atoms with Crippen LogP contribution in [0.1, 0.15) is 50.0 Å². The molecular weight excluding hydrogens is 308 g/mol. The number of carbonyl (C=O) groups is 1.